The Bertz CT molecular complexity index is 739. The lowest BCUT2D eigenvalue weighted by atomic mass is 9.87. The summed E-state index contributed by atoms with van der Waals surface area (Å²) in [5.74, 6) is 0.683. The highest BCUT2D eigenvalue weighted by molar-refractivity contribution is 7.92. The first-order valence-corrected chi connectivity index (χ1v) is 11.1. The second kappa shape index (κ2) is 7.36. The summed E-state index contributed by atoms with van der Waals surface area (Å²) in [5.41, 5.74) is 2.25. The van der Waals surface area contributed by atoms with E-state index in [0.717, 1.165) is 17.9 Å². The quantitative estimate of drug-likeness (QED) is 0.873. The van der Waals surface area contributed by atoms with Crippen molar-refractivity contribution >= 4 is 21.6 Å². The standard InChI is InChI=1S/C19H28N2O3S/c1-14-12-17-13-16(8-9-18(17)21(14)25(2,23)24)19(22)20-11-10-15-6-4-3-5-7-15/h8-9,13-15H,3-7,10-12H2,1-2H3,(H,20,22)/t14-/m0/s1. The van der Waals surface area contributed by atoms with E-state index in [1.165, 1.54) is 42.7 Å². The van der Waals surface area contributed by atoms with Crippen LogP contribution >= 0.6 is 0 Å². The molecule has 1 saturated carbocycles. The molecule has 138 valence electrons. The highest BCUT2D eigenvalue weighted by atomic mass is 32.2. The maximum Gasteiger partial charge on any atom is 0.251 e. The van der Waals surface area contributed by atoms with Gasteiger partial charge in [-0.15, -0.1) is 0 Å². The number of sulfonamides is 1. The van der Waals surface area contributed by atoms with Crippen molar-refractivity contribution in [3.8, 4) is 0 Å². The molecule has 1 fully saturated rings. The molecule has 2 aliphatic rings. The molecule has 0 radical (unpaired) electrons. The van der Waals surface area contributed by atoms with E-state index >= 15 is 0 Å². The molecular weight excluding hydrogens is 336 g/mol. The third-order valence-electron chi connectivity index (χ3n) is 5.41. The number of nitrogens with one attached hydrogen (secondary N) is 1. The number of rotatable bonds is 5. The van der Waals surface area contributed by atoms with Gasteiger partial charge in [-0.3, -0.25) is 9.10 Å². The van der Waals surface area contributed by atoms with Crippen molar-refractivity contribution in [3.63, 3.8) is 0 Å². The number of fused-ring (bicyclic) bond motifs is 1. The molecule has 25 heavy (non-hydrogen) atoms. The van der Waals surface area contributed by atoms with Crippen LogP contribution in [0.5, 0.6) is 0 Å². The Morgan fingerprint density at radius 1 is 1.24 bits per heavy atom. The van der Waals surface area contributed by atoms with Crippen LogP contribution < -0.4 is 9.62 Å². The number of carbonyl (C=O) groups is 1. The van der Waals surface area contributed by atoms with Crippen LogP contribution in [0.2, 0.25) is 0 Å². The monoisotopic (exact) mass is 364 g/mol. The summed E-state index contributed by atoms with van der Waals surface area (Å²) in [6.45, 7) is 2.61. The maximum absolute atomic E-state index is 12.4. The zero-order valence-electron chi connectivity index (χ0n) is 15.1. The SMILES string of the molecule is C[C@H]1Cc2cc(C(=O)NCCC3CCCCC3)ccc2N1S(C)(=O)=O. The van der Waals surface area contributed by atoms with E-state index in [2.05, 4.69) is 5.32 Å². The Morgan fingerprint density at radius 2 is 1.96 bits per heavy atom. The topological polar surface area (TPSA) is 66.5 Å². The van der Waals surface area contributed by atoms with Crippen molar-refractivity contribution in [1.82, 2.24) is 5.32 Å². The highest BCUT2D eigenvalue weighted by Crippen LogP contribution is 2.34. The lowest BCUT2D eigenvalue weighted by Gasteiger charge is -2.22. The molecule has 1 aromatic rings. The first kappa shape index (κ1) is 18.2. The minimum absolute atomic E-state index is 0.0657. The molecule has 1 aliphatic carbocycles. The number of benzene rings is 1. The summed E-state index contributed by atoms with van der Waals surface area (Å²) < 4.78 is 25.4. The van der Waals surface area contributed by atoms with Crippen LogP contribution in [-0.4, -0.2) is 33.2 Å². The van der Waals surface area contributed by atoms with Crippen LogP contribution in [0.25, 0.3) is 0 Å². The molecule has 0 spiro atoms. The van der Waals surface area contributed by atoms with E-state index in [-0.39, 0.29) is 11.9 Å². The normalized spacial score (nSPS) is 21.2. The molecule has 1 aliphatic heterocycles. The van der Waals surface area contributed by atoms with Crippen LogP contribution in [0.4, 0.5) is 5.69 Å². The first-order chi connectivity index (χ1) is 11.9. The number of carbonyl (C=O) groups excluding carboxylic acids is 1. The van der Waals surface area contributed by atoms with E-state index in [1.807, 2.05) is 13.0 Å². The van der Waals surface area contributed by atoms with Crippen LogP contribution in [0.1, 0.15) is 61.4 Å². The summed E-state index contributed by atoms with van der Waals surface area (Å²) >= 11 is 0. The van der Waals surface area contributed by atoms with Gasteiger partial charge in [-0.25, -0.2) is 8.42 Å². The third-order valence-corrected chi connectivity index (χ3v) is 6.69. The molecule has 0 saturated heterocycles. The molecule has 1 N–H and O–H groups in total. The fourth-order valence-corrected chi connectivity index (χ4v) is 5.48. The van der Waals surface area contributed by atoms with E-state index in [0.29, 0.717) is 24.2 Å². The van der Waals surface area contributed by atoms with E-state index < -0.39 is 10.0 Å². The largest absolute Gasteiger partial charge is 0.352 e. The van der Waals surface area contributed by atoms with Crippen LogP contribution in [0.15, 0.2) is 18.2 Å². The van der Waals surface area contributed by atoms with Gasteiger partial charge in [0.15, 0.2) is 0 Å². The third kappa shape index (κ3) is 4.17. The number of hydrogen-bond donors (Lipinski definition) is 1. The van der Waals surface area contributed by atoms with Crippen LogP contribution in [-0.2, 0) is 16.4 Å². The molecule has 0 unspecified atom stereocenters. The van der Waals surface area contributed by atoms with Gasteiger partial charge >= 0.3 is 0 Å². The lowest BCUT2D eigenvalue weighted by molar-refractivity contribution is 0.0950. The fraction of sp³-hybridized carbons (Fsp3) is 0.632. The molecule has 1 aromatic carbocycles. The van der Waals surface area contributed by atoms with Crippen molar-refractivity contribution in [2.45, 2.75) is 57.9 Å². The van der Waals surface area contributed by atoms with Gasteiger partial charge in [-0.2, -0.15) is 0 Å². The number of anilines is 1. The van der Waals surface area contributed by atoms with Crippen molar-refractivity contribution in [2.75, 3.05) is 17.1 Å². The van der Waals surface area contributed by atoms with E-state index in [1.54, 1.807) is 12.1 Å². The van der Waals surface area contributed by atoms with Gasteiger partial charge in [0.25, 0.3) is 5.91 Å². The molecule has 5 nitrogen and oxygen atoms in total. The van der Waals surface area contributed by atoms with E-state index in [4.69, 9.17) is 0 Å². The summed E-state index contributed by atoms with van der Waals surface area (Å²) in [6.07, 6.45) is 9.48. The Morgan fingerprint density at radius 3 is 2.64 bits per heavy atom. The molecule has 6 heteroatoms. The zero-order chi connectivity index (χ0) is 18.0. The minimum atomic E-state index is -3.29. The summed E-state index contributed by atoms with van der Waals surface area (Å²) in [4.78, 5) is 12.4. The summed E-state index contributed by atoms with van der Waals surface area (Å²) in [5, 5.41) is 3.02. The highest BCUT2D eigenvalue weighted by Gasteiger charge is 2.32. The Balaban J connectivity index is 1.62. The number of amides is 1. The van der Waals surface area contributed by atoms with Gasteiger partial charge in [0, 0.05) is 18.2 Å². The van der Waals surface area contributed by atoms with Gasteiger partial charge in [0.1, 0.15) is 0 Å². The van der Waals surface area contributed by atoms with Gasteiger partial charge in [-0.1, -0.05) is 32.1 Å². The van der Waals surface area contributed by atoms with Crippen molar-refractivity contribution in [1.29, 1.82) is 0 Å². The van der Waals surface area contributed by atoms with Crippen molar-refractivity contribution < 1.29 is 13.2 Å². The molecule has 0 bridgehead atoms. The number of hydrogen-bond acceptors (Lipinski definition) is 3. The predicted octanol–water partition coefficient (Wildman–Crippen LogP) is 3.10. The molecule has 1 amide bonds. The van der Waals surface area contributed by atoms with Crippen molar-refractivity contribution in [3.05, 3.63) is 29.3 Å². The molecule has 1 heterocycles. The maximum atomic E-state index is 12.4. The molecular formula is C19H28N2O3S. The van der Waals surface area contributed by atoms with Crippen molar-refractivity contribution in [2.24, 2.45) is 5.92 Å². The second-order valence-electron chi connectivity index (χ2n) is 7.50. The minimum Gasteiger partial charge on any atom is -0.352 e. The van der Waals surface area contributed by atoms with Gasteiger partial charge in [0.05, 0.1) is 11.9 Å². The zero-order valence-corrected chi connectivity index (χ0v) is 15.9. The Kier molecular flexibility index (Phi) is 5.37. The first-order valence-electron chi connectivity index (χ1n) is 9.27. The average molecular weight is 365 g/mol. The second-order valence-corrected chi connectivity index (χ2v) is 9.36. The molecule has 3 rings (SSSR count). The molecule has 0 aromatic heterocycles. The smallest absolute Gasteiger partial charge is 0.251 e. The molecule has 1 atom stereocenters. The lowest BCUT2D eigenvalue weighted by Crippen LogP contribution is -2.34. The Hall–Kier alpha value is -1.56. The number of nitrogens with zero attached hydrogens (tertiary/aromatic N) is 1. The van der Waals surface area contributed by atoms with Gasteiger partial charge in [0.2, 0.25) is 10.0 Å². The van der Waals surface area contributed by atoms with Crippen LogP contribution in [0, 0.1) is 5.92 Å². The van der Waals surface area contributed by atoms with E-state index in [9.17, 15) is 13.2 Å². The van der Waals surface area contributed by atoms with Gasteiger partial charge in [-0.05, 0) is 49.4 Å². The summed E-state index contributed by atoms with van der Waals surface area (Å²) in [7, 11) is -3.29. The Labute approximate surface area is 150 Å². The summed E-state index contributed by atoms with van der Waals surface area (Å²) in [6, 6.07) is 5.23. The average Bonchev–Trinajstić information content (AvgIpc) is 2.90. The van der Waals surface area contributed by atoms with Crippen LogP contribution in [0.3, 0.4) is 0 Å². The fourth-order valence-electron chi connectivity index (χ4n) is 4.22. The predicted molar refractivity (Wildman–Crippen MR) is 100 cm³/mol. The van der Waals surface area contributed by atoms with Gasteiger partial charge < -0.3 is 5.32 Å².